The summed E-state index contributed by atoms with van der Waals surface area (Å²) >= 11 is 0. The van der Waals surface area contributed by atoms with Crippen LogP contribution in [0.3, 0.4) is 0 Å². The third-order valence-corrected chi connectivity index (χ3v) is 11.9. The Kier molecular flexibility index (Phi) is 8.73. The molecule has 0 radical (unpaired) electrons. The Morgan fingerprint density at radius 1 is 1.11 bits per heavy atom. The molecule has 0 spiro atoms. The molecule has 1 unspecified atom stereocenters. The molecule has 1 saturated heterocycles. The molecule has 0 aliphatic carbocycles. The number of pyridine rings is 1. The number of aromatic nitrogens is 1. The van der Waals surface area contributed by atoms with E-state index in [4.69, 9.17) is 9.16 Å². The summed E-state index contributed by atoms with van der Waals surface area (Å²) in [6, 6.07) is 7.57. The van der Waals surface area contributed by atoms with Crippen molar-refractivity contribution in [3.63, 3.8) is 0 Å². The van der Waals surface area contributed by atoms with Gasteiger partial charge >= 0.3 is 12.1 Å². The number of hydrogen-bond acceptors (Lipinski definition) is 5. The zero-order valence-electron chi connectivity index (χ0n) is 23.7. The van der Waals surface area contributed by atoms with E-state index >= 15 is 0 Å². The Morgan fingerprint density at radius 3 is 2.26 bits per heavy atom. The van der Waals surface area contributed by atoms with E-state index in [2.05, 4.69) is 38.8 Å². The molecule has 208 valence electrons. The maximum atomic E-state index is 14.4. The Labute approximate surface area is 226 Å². The van der Waals surface area contributed by atoms with E-state index < -0.39 is 37.9 Å². The van der Waals surface area contributed by atoms with Gasteiger partial charge < -0.3 is 14.3 Å². The molecule has 1 aliphatic rings. The first-order valence-electron chi connectivity index (χ1n) is 13.1. The summed E-state index contributed by atoms with van der Waals surface area (Å²) in [6.07, 6.45) is 3.64. The zero-order chi connectivity index (χ0) is 28.5. The van der Waals surface area contributed by atoms with Crippen molar-refractivity contribution in [2.75, 3.05) is 0 Å². The third-order valence-electron chi connectivity index (χ3n) is 7.45. The number of rotatable bonds is 7. The first-order valence-corrected chi connectivity index (χ1v) is 16.0. The minimum absolute atomic E-state index is 0.105. The van der Waals surface area contributed by atoms with Crippen LogP contribution in [0.5, 0.6) is 0 Å². The van der Waals surface area contributed by atoms with Crippen molar-refractivity contribution in [2.45, 2.75) is 103 Å². The first kappa shape index (κ1) is 29.8. The van der Waals surface area contributed by atoms with Crippen LogP contribution in [0.1, 0.15) is 82.0 Å². The molecule has 1 N–H and O–H groups in total. The largest absolute Gasteiger partial charge is 0.478 e. The van der Waals surface area contributed by atoms with Gasteiger partial charge in [0.2, 0.25) is 0 Å². The van der Waals surface area contributed by atoms with Crippen molar-refractivity contribution in [3.8, 4) is 0 Å². The molecule has 2 heterocycles. The summed E-state index contributed by atoms with van der Waals surface area (Å²) in [7, 11) is -2.34. The van der Waals surface area contributed by atoms with E-state index in [0.29, 0.717) is 24.8 Å². The van der Waals surface area contributed by atoms with Gasteiger partial charge in [-0.25, -0.2) is 14.0 Å². The first-order chi connectivity index (χ1) is 17.5. The minimum Gasteiger partial charge on any atom is -0.478 e. The van der Waals surface area contributed by atoms with Gasteiger partial charge in [-0.3, -0.25) is 9.88 Å². The molecule has 1 aromatic heterocycles. The van der Waals surface area contributed by atoms with E-state index in [-0.39, 0.29) is 22.7 Å². The van der Waals surface area contributed by atoms with Crippen molar-refractivity contribution in [3.05, 3.63) is 65.2 Å². The van der Waals surface area contributed by atoms with Crippen molar-refractivity contribution < 1.29 is 28.2 Å². The molecule has 9 heteroatoms. The van der Waals surface area contributed by atoms with Crippen LogP contribution in [-0.2, 0) is 15.6 Å². The number of ether oxygens (including phenoxy) is 1. The molecule has 0 saturated carbocycles. The molecule has 3 atom stereocenters. The lowest BCUT2D eigenvalue weighted by molar-refractivity contribution is -0.00247. The van der Waals surface area contributed by atoms with Crippen LogP contribution in [0, 0.1) is 5.82 Å². The fraction of sp³-hybridized carbons (Fsp3) is 0.552. The molecular weight excluding hydrogens is 503 g/mol. The minimum atomic E-state index is -2.34. The van der Waals surface area contributed by atoms with Crippen LogP contribution >= 0.6 is 0 Å². The highest BCUT2D eigenvalue weighted by atomic mass is 28.4. The van der Waals surface area contributed by atoms with E-state index in [1.165, 1.54) is 6.07 Å². The highest BCUT2D eigenvalue weighted by Gasteiger charge is 2.47. The van der Waals surface area contributed by atoms with E-state index in [1.54, 1.807) is 35.4 Å². The average molecular weight is 545 g/mol. The number of likely N-dealkylation sites (tertiary alicyclic amines) is 1. The van der Waals surface area contributed by atoms with Crippen LogP contribution in [0.25, 0.3) is 0 Å². The second kappa shape index (κ2) is 11.1. The van der Waals surface area contributed by atoms with Crippen molar-refractivity contribution in [1.29, 1.82) is 0 Å². The Hall–Kier alpha value is -2.78. The molecular formula is C29H41FN2O5Si. The monoisotopic (exact) mass is 544 g/mol. The molecule has 7 nitrogen and oxygen atoms in total. The molecule has 1 fully saturated rings. The molecule has 38 heavy (non-hydrogen) atoms. The predicted octanol–water partition coefficient (Wildman–Crippen LogP) is 6.99. The zero-order valence-corrected chi connectivity index (χ0v) is 24.7. The van der Waals surface area contributed by atoms with Crippen molar-refractivity contribution >= 4 is 20.4 Å². The maximum absolute atomic E-state index is 14.4. The number of hydrogen-bond donors (Lipinski definition) is 1. The Bertz CT molecular complexity index is 1140. The summed E-state index contributed by atoms with van der Waals surface area (Å²) in [4.78, 5) is 30.8. The summed E-state index contributed by atoms with van der Waals surface area (Å²) in [5.74, 6) is -1.44. The number of carbonyl (C=O) groups is 2. The highest BCUT2D eigenvalue weighted by Crippen LogP contribution is 2.44. The standard InChI is InChI=1S/C29H41FN2O5Si/c1-28(2,3)36-27(35)32-23(15-19-9-11-20(12-10-19)26(33)34)13-14-24(32)25(21-16-22(30)18-31-17-21)37-38(7,8)29(4,5)6/h9-12,16-18,23-25H,13-15H2,1-8H3,(H,33,34)/t23-,24+,25?/m0/s1. The lowest BCUT2D eigenvalue weighted by Crippen LogP contribution is -2.50. The van der Waals surface area contributed by atoms with Crippen LogP contribution in [0.15, 0.2) is 42.7 Å². The topological polar surface area (TPSA) is 89.0 Å². The summed E-state index contributed by atoms with van der Waals surface area (Å²) in [5, 5.41) is 9.14. The van der Waals surface area contributed by atoms with E-state index in [0.717, 1.165) is 11.8 Å². The summed E-state index contributed by atoms with van der Waals surface area (Å²) < 4.78 is 27.1. The number of halogens is 1. The van der Waals surface area contributed by atoms with Gasteiger partial charge in [-0.2, -0.15) is 0 Å². The van der Waals surface area contributed by atoms with Gasteiger partial charge in [0.05, 0.1) is 23.9 Å². The lowest BCUT2D eigenvalue weighted by Gasteiger charge is -2.43. The highest BCUT2D eigenvalue weighted by molar-refractivity contribution is 6.74. The Morgan fingerprint density at radius 2 is 1.74 bits per heavy atom. The fourth-order valence-electron chi connectivity index (χ4n) is 4.51. The second-order valence-corrected chi connectivity index (χ2v) is 17.4. The molecule has 2 aromatic rings. The number of carbonyl (C=O) groups excluding carboxylic acids is 1. The second-order valence-electron chi connectivity index (χ2n) is 12.6. The van der Waals surface area contributed by atoms with E-state index in [1.807, 2.05) is 20.8 Å². The number of benzene rings is 1. The van der Waals surface area contributed by atoms with Gasteiger partial charge in [0, 0.05) is 17.8 Å². The van der Waals surface area contributed by atoms with Crippen LogP contribution in [-0.4, -0.2) is 53.1 Å². The van der Waals surface area contributed by atoms with Gasteiger partial charge in [0.1, 0.15) is 11.4 Å². The number of carboxylic acid groups (broad SMARTS) is 1. The van der Waals surface area contributed by atoms with Crippen LogP contribution in [0.4, 0.5) is 9.18 Å². The smallest absolute Gasteiger partial charge is 0.410 e. The molecule has 1 amide bonds. The van der Waals surface area contributed by atoms with Gasteiger partial charge in [-0.05, 0) is 81.9 Å². The fourth-order valence-corrected chi connectivity index (χ4v) is 5.79. The average Bonchev–Trinajstić information content (AvgIpc) is 3.19. The number of nitrogens with zero attached hydrogens (tertiary/aromatic N) is 2. The van der Waals surface area contributed by atoms with Crippen molar-refractivity contribution in [1.82, 2.24) is 9.88 Å². The predicted molar refractivity (Wildman–Crippen MR) is 147 cm³/mol. The molecule has 0 bridgehead atoms. The molecule has 1 aromatic carbocycles. The quantitative estimate of drug-likeness (QED) is 0.378. The van der Waals surface area contributed by atoms with Gasteiger partial charge in [-0.1, -0.05) is 32.9 Å². The summed E-state index contributed by atoms with van der Waals surface area (Å²) in [6.45, 7) is 16.2. The SMILES string of the molecule is CC(C)(C)OC(=O)N1[C@H](Cc2ccc(C(=O)O)cc2)CC[C@@H]1C(O[Si](C)(C)C(C)(C)C)c1cncc(F)c1. The third kappa shape index (κ3) is 7.20. The van der Waals surface area contributed by atoms with Crippen molar-refractivity contribution in [2.24, 2.45) is 0 Å². The van der Waals surface area contributed by atoms with Crippen LogP contribution < -0.4 is 0 Å². The normalized spacial score (nSPS) is 19.3. The number of aromatic carboxylic acids is 1. The molecule has 3 rings (SSSR count). The lowest BCUT2D eigenvalue weighted by atomic mass is 10.0. The maximum Gasteiger partial charge on any atom is 0.410 e. The summed E-state index contributed by atoms with van der Waals surface area (Å²) in [5.41, 5.74) is 1.03. The van der Waals surface area contributed by atoms with Gasteiger partial charge in [0.25, 0.3) is 0 Å². The van der Waals surface area contributed by atoms with Crippen LogP contribution in [0.2, 0.25) is 18.1 Å². The van der Waals surface area contributed by atoms with E-state index in [9.17, 15) is 19.1 Å². The van der Waals surface area contributed by atoms with Gasteiger partial charge in [-0.15, -0.1) is 0 Å². The Balaban J connectivity index is 2.02. The molecule has 1 aliphatic heterocycles. The van der Waals surface area contributed by atoms with Gasteiger partial charge in [0.15, 0.2) is 8.32 Å². The number of carboxylic acids is 1. The number of amides is 1.